The first-order valence-electron chi connectivity index (χ1n) is 7.85. The maximum Gasteiger partial charge on any atom is 0.115 e. The molecule has 110 valence electrons. The van der Waals surface area contributed by atoms with E-state index in [0.29, 0.717) is 5.92 Å². The molecule has 0 bridgehead atoms. The predicted molar refractivity (Wildman–Crippen MR) is 78.6 cm³/mol. The fourth-order valence-electron chi connectivity index (χ4n) is 3.86. The number of aromatic nitrogens is 4. The van der Waals surface area contributed by atoms with Crippen molar-refractivity contribution < 1.29 is 5.11 Å². The van der Waals surface area contributed by atoms with Gasteiger partial charge >= 0.3 is 0 Å². The van der Waals surface area contributed by atoms with Crippen molar-refractivity contribution in [3.8, 4) is 11.3 Å². The van der Waals surface area contributed by atoms with Gasteiger partial charge in [-0.3, -0.25) is 0 Å². The lowest BCUT2D eigenvalue weighted by Gasteiger charge is -2.28. The second kappa shape index (κ2) is 5.22. The molecule has 2 aromatic rings. The zero-order valence-electron chi connectivity index (χ0n) is 12.0. The summed E-state index contributed by atoms with van der Waals surface area (Å²) in [6.07, 6.45) is 13.7. The molecule has 5 heteroatoms. The van der Waals surface area contributed by atoms with Crippen molar-refractivity contribution in [1.82, 2.24) is 19.5 Å². The van der Waals surface area contributed by atoms with Gasteiger partial charge in [0.2, 0.25) is 0 Å². The molecular formula is C16H20N4O. The highest BCUT2D eigenvalue weighted by Gasteiger charge is 2.33. The zero-order chi connectivity index (χ0) is 14.2. The first-order valence-corrected chi connectivity index (χ1v) is 7.85. The fraction of sp³-hybridized carbons (Fsp3) is 0.562. The van der Waals surface area contributed by atoms with Crippen LogP contribution in [0.3, 0.4) is 0 Å². The number of rotatable bonds is 3. The van der Waals surface area contributed by atoms with Crippen molar-refractivity contribution in [2.45, 2.75) is 50.7 Å². The minimum absolute atomic E-state index is 0.0948. The van der Waals surface area contributed by atoms with Gasteiger partial charge in [-0.2, -0.15) is 0 Å². The monoisotopic (exact) mass is 284 g/mol. The van der Waals surface area contributed by atoms with E-state index in [1.165, 1.54) is 19.3 Å². The zero-order valence-corrected chi connectivity index (χ0v) is 12.0. The van der Waals surface area contributed by atoms with Gasteiger partial charge < -0.3 is 9.67 Å². The molecule has 2 aromatic heterocycles. The first-order chi connectivity index (χ1) is 10.3. The third-order valence-electron chi connectivity index (χ3n) is 5.00. The molecule has 3 heterocycles. The Labute approximate surface area is 124 Å². The molecule has 2 aliphatic rings. The van der Waals surface area contributed by atoms with Gasteiger partial charge in [0.05, 0.1) is 36.1 Å². The van der Waals surface area contributed by atoms with Crippen LogP contribution >= 0.6 is 0 Å². The molecule has 1 aliphatic heterocycles. The average molecular weight is 284 g/mol. The number of aliphatic hydroxyl groups excluding tert-OH is 1. The van der Waals surface area contributed by atoms with E-state index in [1.807, 2.05) is 18.7 Å². The molecule has 0 aromatic carbocycles. The van der Waals surface area contributed by atoms with Crippen molar-refractivity contribution in [3.63, 3.8) is 0 Å². The van der Waals surface area contributed by atoms with E-state index in [9.17, 15) is 5.11 Å². The molecule has 0 spiro atoms. The molecule has 0 saturated heterocycles. The van der Waals surface area contributed by atoms with Gasteiger partial charge in [-0.15, -0.1) is 0 Å². The normalized spacial score (nSPS) is 22.8. The summed E-state index contributed by atoms with van der Waals surface area (Å²) in [5, 5.41) is 10.6. The van der Waals surface area contributed by atoms with Crippen molar-refractivity contribution in [2.24, 2.45) is 5.92 Å². The highest BCUT2D eigenvalue weighted by Crippen LogP contribution is 2.41. The molecule has 0 amide bonds. The Morgan fingerprint density at radius 1 is 1.19 bits per heavy atom. The second-order valence-corrected chi connectivity index (χ2v) is 6.22. The topological polar surface area (TPSA) is 63.8 Å². The quantitative estimate of drug-likeness (QED) is 0.941. The molecule has 5 nitrogen and oxygen atoms in total. The summed E-state index contributed by atoms with van der Waals surface area (Å²) in [6.45, 7) is 0. The Hall–Kier alpha value is -1.75. The molecule has 2 atom stereocenters. The Morgan fingerprint density at radius 2 is 2.05 bits per heavy atom. The minimum Gasteiger partial charge on any atom is -0.393 e. The predicted octanol–water partition coefficient (Wildman–Crippen LogP) is 2.57. The second-order valence-electron chi connectivity index (χ2n) is 6.22. The molecule has 0 radical (unpaired) electrons. The maximum absolute atomic E-state index is 10.6. The average Bonchev–Trinajstić information content (AvgIpc) is 3.11. The highest BCUT2D eigenvalue weighted by atomic mass is 16.3. The van der Waals surface area contributed by atoms with Crippen LogP contribution in [0.15, 0.2) is 25.0 Å². The van der Waals surface area contributed by atoms with Crippen LogP contribution < -0.4 is 0 Å². The summed E-state index contributed by atoms with van der Waals surface area (Å²) in [5.41, 5.74) is 3.14. The summed E-state index contributed by atoms with van der Waals surface area (Å²) in [4.78, 5) is 12.8. The summed E-state index contributed by atoms with van der Waals surface area (Å²) in [6, 6.07) is 0.0948. The first kappa shape index (κ1) is 13.0. The van der Waals surface area contributed by atoms with Crippen LogP contribution in [0.1, 0.15) is 50.3 Å². The maximum atomic E-state index is 10.6. The van der Waals surface area contributed by atoms with Gasteiger partial charge in [-0.1, -0.05) is 19.3 Å². The number of imidazole rings is 1. The summed E-state index contributed by atoms with van der Waals surface area (Å²) >= 11 is 0. The van der Waals surface area contributed by atoms with E-state index in [0.717, 1.165) is 36.2 Å². The van der Waals surface area contributed by atoms with Crippen LogP contribution in [0, 0.1) is 5.92 Å². The van der Waals surface area contributed by atoms with Gasteiger partial charge in [0.1, 0.15) is 6.33 Å². The summed E-state index contributed by atoms with van der Waals surface area (Å²) in [5.74, 6) is 0.441. The SMILES string of the molecule is O[C@H](C[C@H]1c2ncncc2-c2cncn21)C1CCCCC1. The van der Waals surface area contributed by atoms with Gasteiger partial charge in [0, 0.05) is 18.2 Å². The van der Waals surface area contributed by atoms with E-state index >= 15 is 0 Å². The summed E-state index contributed by atoms with van der Waals surface area (Å²) in [7, 11) is 0. The van der Waals surface area contributed by atoms with Crippen LogP contribution in [0.2, 0.25) is 0 Å². The largest absolute Gasteiger partial charge is 0.393 e. The Balaban J connectivity index is 1.60. The standard InChI is InChI=1S/C16H20N4O/c21-15(11-4-2-1-3-5-11)6-13-16-12(7-17-9-19-16)14-8-18-10-20(13)14/h7-11,13,15,21H,1-6H2/t13-,15+/m0/s1. The Kier molecular flexibility index (Phi) is 3.22. The van der Waals surface area contributed by atoms with E-state index in [2.05, 4.69) is 19.5 Å². The third kappa shape index (κ3) is 2.16. The van der Waals surface area contributed by atoms with Crippen LogP contribution in [-0.2, 0) is 0 Å². The van der Waals surface area contributed by atoms with E-state index in [1.54, 1.807) is 6.33 Å². The van der Waals surface area contributed by atoms with Crippen LogP contribution in [-0.4, -0.2) is 30.7 Å². The number of aliphatic hydroxyl groups is 1. The highest BCUT2D eigenvalue weighted by molar-refractivity contribution is 5.65. The van der Waals surface area contributed by atoms with E-state index in [-0.39, 0.29) is 12.1 Å². The molecule has 1 fully saturated rings. The van der Waals surface area contributed by atoms with Crippen molar-refractivity contribution in [1.29, 1.82) is 0 Å². The third-order valence-corrected chi connectivity index (χ3v) is 5.00. The molecule has 1 N–H and O–H groups in total. The Morgan fingerprint density at radius 3 is 2.90 bits per heavy atom. The number of hydrogen-bond donors (Lipinski definition) is 1. The lowest BCUT2D eigenvalue weighted by atomic mass is 9.83. The van der Waals surface area contributed by atoms with Crippen LogP contribution in [0.25, 0.3) is 11.3 Å². The number of nitrogens with zero attached hydrogens (tertiary/aromatic N) is 4. The van der Waals surface area contributed by atoms with Gasteiger partial charge in [0.25, 0.3) is 0 Å². The van der Waals surface area contributed by atoms with Crippen molar-refractivity contribution in [2.75, 3.05) is 0 Å². The fourth-order valence-corrected chi connectivity index (χ4v) is 3.86. The summed E-state index contributed by atoms with van der Waals surface area (Å²) < 4.78 is 2.13. The van der Waals surface area contributed by atoms with Gasteiger partial charge in [0.15, 0.2) is 0 Å². The molecule has 1 saturated carbocycles. The molecular weight excluding hydrogens is 264 g/mol. The van der Waals surface area contributed by atoms with Crippen LogP contribution in [0.4, 0.5) is 0 Å². The van der Waals surface area contributed by atoms with Gasteiger partial charge in [-0.25, -0.2) is 15.0 Å². The van der Waals surface area contributed by atoms with E-state index < -0.39 is 0 Å². The number of fused-ring (bicyclic) bond motifs is 3. The molecule has 0 unspecified atom stereocenters. The van der Waals surface area contributed by atoms with E-state index in [4.69, 9.17) is 0 Å². The Bertz CT molecular complexity index is 633. The van der Waals surface area contributed by atoms with Crippen molar-refractivity contribution in [3.05, 3.63) is 30.7 Å². The lowest BCUT2D eigenvalue weighted by molar-refractivity contribution is 0.0683. The molecule has 1 aliphatic carbocycles. The van der Waals surface area contributed by atoms with Crippen LogP contribution in [0.5, 0.6) is 0 Å². The number of hydrogen-bond acceptors (Lipinski definition) is 4. The van der Waals surface area contributed by atoms with Crippen molar-refractivity contribution >= 4 is 0 Å². The lowest BCUT2D eigenvalue weighted by Crippen LogP contribution is -2.26. The smallest absolute Gasteiger partial charge is 0.115 e. The molecule has 4 rings (SSSR count). The van der Waals surface area contributed by atoms with Gasteiger partial charge in [-0.05, 0) is 18.8 Å². The molecule has 21 heavy (non-hydrogen) atoms. The minimum atomic E-state index is -0.258.